The Morgan fingerprint density at radius 2 is 1.83 bits per heavy atom. The maximum absolute atomic E-state index is 13.1. The molecule has 0 saturated heterocycles. The molecule has 0 radical (unpaired) electrons. The average Bonchev–Trinajstić information content (AvgIpc) is 2.78. The summed E-state index contributed by atoms with van der Waals surface area (Å²) in [5.41, 5.74) is 1.59. The first-order valence-electron chi connectivity index (χ1n) is 9.56. The molecular weight excluding hydrogens is 385 g/mol. The first-order valence-corrected chi connectivity index (χ1v) is 9.56. The highest BCUT2D eigenvalue weighted by Gasteiger charge is 2.21. The van der Waals surface area contributed by atoms with Crippen molar-refractivity contribution in [3.8, 4) is 5.75 Å². The van der Waals surface area contributed by atoms with Crippen molar-refractivity contribution in [2.45, 2.75) is 26.0 Å². The van der Waals surface area contributed by atoms with Gasteiger partial charge in [0.15, 0.2) is 6.10 Å². The van der Waals surface area contributed by atoms with E-state index in [0.29, 0.717) is 30.0 Å². The van der Waals surface area contributed by atoms with E-state index in [1.54, 1.807) is 49.6 Å². The topological polar surface area (TPSA) is 80.3 Å². The number of aromatic nitrogens is 1. The zero-order valence-electron chi connectivity index (χ0n) is 16.5. The fourth-order valence-electron chi connectivity index (χ4n) is 2.78. The van der Waals surface area contributed by atoms with Gasteiger partial charge in [-0.2, -0.15) is 0 Å². The van der Waals surface area contributed by atoms with Crippen LogP contribution in [0.15, 0.2) is 73.1 Å². The first-order chi connectivity index (χ1) is 14.6. The summed E-state index contributed by atoms with van der Waals surface area (Å²) in [6.45, 7) is 2.13. The minimum Gasteiger partial charge on any atom is -0.481 e. The van der Waals surface area contributed by atoms with E-state index in [9.17, 15) is 14.0 Å². The van der Waals surface area contributed by atoms with Gasteiger partial charge in [-0.05, 0) is 54.4 Å². The predicted molar refractivity (Wildman–Crippen MR) is 112 cm³/mol. The van der Waals surface area contributed by atoms with Crippen molar-refractivity contribution in [1.29, 1.82) is 0 Å². The number of nitrogens with one attached hydrogen (secondary N) is 2. The third-order valence-corrected chi connectivity index (χ3v) is 4.36. The molecule has 0 saturated carbocycles. The van der Waals surface area contributed by atoms with E-state index >= 15 is 0 Å². The maximum atomic E-state index is 13.1. The van der Waals surface area contributed by atoms with Crippen LogP contribution in [0, 0.1) is 5.82 Å². The van der Waals surface area contributed by atoms with Crippen LogP contribution >= 0.6 is 0 Å². The number of hydrogen-bond donors (Lipinski definition) is 2. The number of carbonyl (C=O) groups excluding carboxylic acids is 2. The van der Waals surface area contributed by atoms with Gasteiger partial charge < -0.3 is 15.4 Å². The monoisotopic (exact) mass is 407 g/mol. The molecule has 1 atom stereocenters. The quantitative estimate of drug-likeness (QED) is 0.593. The molecule has 0 spiro atoms. The van der Waals surface area contributed by atoms with Crippen molar-refractivity contribution in [1.82, 2.24) is 10.3 Å². The summed E-state index contributed by atoms with van der Waals surface area (Å²) in [6, 6.07) is 15.9. The number of anilines is 1. The summed E-state index contributed by atoms with van der Waals surface area (Å²) in [6.07, 6.45) is 2.95. The van der Waals surface area contributed by atoms with E-state index in [1.165, 1.54) is 24.3 Å². The van der Waals surface area contributed by atoms with Gasteiger partial charge in [-0.1, -0.05) is 25.1 Å². The lowest BCUT2D eigenvalue weighted by atomic mass is 10.1. The lowest BCUT2D eigenvalue weighted by Gasteiger charge is -2.18. The van der Waals surface area contributed by atoms with Crippen LogP contribution in [0.1, 0.15) is 29.3 Å². The minimum atomic E-state index is -0.790. The van der Waals surface area contributed by atoms with Crippen LogP contribution < -0.4 is 15.4 Å². The van der Waals surface area contributed by atoms with Crippen LogP contribution in [0.2, 0.25) is 0 Å². The molecule has 3 aromatic rings. The van der Waals surface area contributed by atoms with E-state index in [4.69, 9.17) is 4.74 Å². The Morgan fingerprint density at radius 3 is 2.53 bits per heavy atom. The number of carbonyl (C=O) groups is 2. The first kappa shape index (κ1) is 21.0. The van der Waals surface area contributed by atoms with Gasteiger partial charge in [-0.3, -0.25) is 14.6 Å². The maximum Gasteiger partial charge on any atom is 0.265 e. The van der Waals surface area contributed by atoms with Gasteiger partial charge in [0.05, 0.1) is 11.3 Å². The molecule has 6 nitrogen and oxygen atoms in total. The summed E-state index contributed by atoms with van der Waals surface area (Å²) in [4.78, 5) is 29.4. The molecule has 1 heterocycles. The highest BCUT2D eigenvalue weighted by molar-refractivity contribution is 6.04. The molecular formula is C23H22FN3O3. The van der Waals surface area contributed by atoms with Crippen molar-refractivity contribution in [3.63, 3.8) is 0 Å². The van der Waals surface area contributed by atoms with Crippen LogP contribution in [-0.4, -0.2) is 22.9 Å². The summed E-state index contributed by atoms with van der Waals surface area (Å²) < 4.78 is 18.7. The second-order valence-electron chi connectivity index (χ2n) is 6.55. The van der Waals surface area contributed by atoms with Crippen molar-refractivity contribution in [2.75, 3.05) is 5.32 Å². The largest absolute Gasteiger partial charge is 0.481 e. The van der Waals surface area contributed by atoms with Crippen LogP contribution in [0.3, 0.4) is 0 Å². The highest BCUT2D eigenvalue weighted by Crippen LogP contribution is 2.18. The average molecular weight is 407 g/mol. The molecule has 0 bridgehead atoms. The molecule has 0 aliphatic heterocycles. The molecule has 154 valence electrons. The number of benzene rings is 2. The minimum absolute atomic E-state index is 0.317. The van der Waals surface area contributed by atoms with Crippen LogP contribution in [0.5, 0.6) is 5.75 Å². The molecule has 0 unspecified atom stereocenters. The van der Waals surface area contributed by atoms with Gasteiger partial charge >= 0.3 is 0 Å². The van der Waals surface area contributed by atoms with Crippen LogP contribution in [-0.2, 0) is 11.3 Å². The Labute approximate surface area is 174 Å². The summed E-state index contributed by atoms with van der Waals surface area (Å²) in [5, 5.41) is 5.58. The lowest BCUT2D eigenvalue weighted by Crippen LogP contribution is -2.33. The van der Waals surface area contributed by atoms with Gasteiger partial charge in [0, 0.05) is 18.9 Å². The van der Waals surface area contributed by atoms with Gasteiger partial charge in [-0.15, -0.1) is 0 Å². The number of hydrogen-bond acceptors (Lipinski definition) is 4. The molecule has 2 amide bonds. The number of nitrogens with zero attached hydrogens (tertiary/aromatic N) is 1. The van der Waals surface area contributed by atoms with Crippen molar-refractivity contribution in [2.24, 2.45) is 0 Å². The van der Waals surface area contributed by atoms with Crippen LogP contribution in [0.25, 0.3) is 0 Å². The second-order valence-corrected chi connectivity index (χ2v) is 6.55. The Bertz CT molecular complexity index is 994. The zero-order valence-corrected chi connectivity index (χ0v) is 16.5. The van der Waals surface area contributed by atoms with Gasteiger partial charge in [0.25, 0.3) is 11.8 Å². The molecule has 2 aromatic carbocycles. The second kappa shape index (κ2) is 10.2. The number of amides is 2. The highest BCUT2D eigenvalue weighted by atomic mass is 19.1. The number of para-hydroxylation sites is 1. The molecule has 30 heavy (non-hydrogen) atoms. The molecule has 0 fully saturated rings. The van der Waals surface area contributed by atoms with Crippen molar-refractivity contribution < 1.29 is 18.7 Å². The fraction of sp³-hybridized carbons (Fsp3) is 0.174. The molecule has 0 aliphatic carbocycles. The summed E-state index contributed by atoms with van der Waals surface area (Å²) in [7, 11) is 0. The van der Waals surface area contributed by atoms with E-state index in [2.05, 4.69) is 15.6 Å². The molecule has 3 rings (SSSR count). The molecule has 1 aromatic heterocycles. The third kappa shape index (κ3) is 5.64. The molecule has 2 N–H and O–H groups in total. The third-order valence-electron chi connectivity index (χ3n) is 4.36. The number of ether oxygens (including phenoxy) is 1. The smallest absolute Gasteiger partial charge is 0.265 e. The predicted octanol–water partition coefficient (Wildman–Crippen LogP) is 3.95. The van der Waals surface area contributed by atoms with E-state index in [-0.39, 0.29) is 11.7 Å². The van der Waals surface area contributed by atoms with Gasteiger partial charge in [-0.25, -0.2) is 4.39 Å². The lowest BCUT2D eigenvalue weighted by molar-refractivity contribution is -0.122. The number of rotatable bonds is 8. The summed E-state index contributed by atoms with van der Waals surface area (Å²) >= 11 is 0. The molecule has 7 heteroatoms. The standard InChI is InChI=1S/C23H22FN3O3/c1-2-21(30-18-11-9-17(24)10-12-18)23(29)27-20-8-4-3-7-19(20)22(28)26-15-16-6-5-13-25-14-16/h3-14,21H,2,15H2,1H3,(H,26,28)(H,27,29)/t21-/m1/s1. The van der Waals surface area contributed by atoms with Crippen LogP contribution in [0.4, 0.5) is 10.1 Å². The Kier molecular flexibility index (Phi) is 7.10. The summed E-state index contributed by atoms with van der Waals surface area (Å²) in [5.74, 6) is -0.705. The van der Waals surface area contributed by atoms with Crippen molar-refractivity contribution >= 4 is 17.5 Å². The van der Waals surface area contributed by atoms with E-state index in [0.717, 1.165) is 5.56 Å². The van der Waals surface area contributed by atoms with E-state index < -0.39 is 12.0 Å². The number of halogens is 1. The van der Waals surface area contributed by atoms with Crippen molar-refractivity contribution in [3.05, 3.63) is 90.0 Å². The van der Waals surface area contributed by atoms with Gasteiger partial charge in [0.1, 0.15) is 11.6 Å². The normalized spacial score (nSPS) is 11.4. The Balaban J connectivity index is 1.67. The fourth-order valence-corrected chi connectivity index (χ4v) is 2.78. The zero-order chi connectivity index (χ0) is 21.3. The Hall–Kier alpha value is -3.74. The SMILES string of the molecule is CC[C@@H](Oc1ccc(F)cc1)C(=O)Nc1ccccc1C(=O)NCc1cccnc1. The Morgan fingerprint density at radius 1 is 1.07 bits per heavy atom. The molecule has 0 aliphatic rings. The van der Waals surface area contributed by atoms with Gasteiger partial charge in [0.2, 0.25) is 0 Å². The number of pyridine rings is 1. The van der Waals surface area contributed by atoms with E-state index in [1.807, 2.05) is 6.07 Å².